The van der Waals surface area contributed by atoms with Crippen molar-refractivity contribution in [3.8, 4) is 0 Å². The molecule has 1 saturated carbocycles. The van der Waals surface area contributed by atoms with E-state index in [4.69, 9.17) is 0 Å². The zero-order valence-corrected chi connectivity index (χ0v) is 12.7. The average Bonchev–Trinajstić information content (AvgIpc) is 2.94. The fourth-order valence-electron chi connectivity index (χ4n) is 2.53. The highest BCUT2D eigenvalue weighted by Gasteiger charge is 2.15. The summed E-state index contributed by atoms with van der Waals surface area (Å²) in [6.45, 7) is 5.82. The van der Waals surface area contributed by atoms with Crippen LogP contribution in [0.4, 0.5) is 0 Å². The van der Waals surface area contributed by atoms with E-state index in [1.165, 1.54) is 31.2 Å². The van der Waals surface area contributed by atoms with E-state index in [1.807, 2.05) is 13.1 Å². The molecule has 1 aliphatic rings. The van der Waals surface area contributed by atoms with Crippen molar-refractivity contribution in [2.24, 2.45) is 4.99 Å². The maximum Gasteiger partial charge on any atom is 0.191 e. The number of guanidine groups is 1. The predicted octanol–water partition coefficient (Wildman–Crippen LogP) is 2.43. The smallest absolute Gasteiger partial charge is 0.191 e. The minimum Gasteiger partial charge on any atom is -0.357 e. The molecule has 1 aliphatic carbocycles. The van der Waals surface area contributed by atoms with Gasteiger partial charge >= 0.3 is 0 Å². The van der Waals surface area contributed by atoms with Crippen LogP contribution in [-0.4, -0.2) is 30.1 Å². The standard InChI is InChI=1S/C16H26N4/c1-3-17-16(20-15-6-4-5-7-15)18-11-10-14-9-8-13(2)19-12-14/h8-9,12,15H,3-7,10-11H2,1-2H3,(H2,17,18,20). The van der Waals surface area contributed by atoms with Crippen LogP contribution in [0.1, 0.15) is 43.9 Å². The third-order valence-electron chi connectivity index (χ3n) is 3.68. The summed E-state index contributed by atoms with van der Waals surface area (Å²) in [7, 11) is 0. The molecule has 110 valence electrons. The number of aromatic nitrogens is 1. The quantitative estimate of drug-likeness (QED) is 0.640. The SMILES string of the molecule is CCNC(=NCCc1ccc(C)nc1)NC1CCCC1. The van der Waals surface area contributed by atoms with E-state index < -0.39 is 0 Å². The molecule has 0 unspecified atom stereocenters. The van der Waals surface area contributed by atoms with Crippen molar-refractivity contribution < 1.29 is 0 Å². The second kappa shape index (κ2) is 7.88. The van der Waals surface area contributed by atoms with Crippen LogP contribution >= 0.6 is 0 Å². The maximum atomic E-state index is 4.66. The number of hydrogen-bond donors (Lipinski definition) is 2. The fraction of sp³-hybridized carbons (Fsp3) is 0.625. The van der Waals surface area contributed by atoms with E-state index in [0.717, 1.165) is 31.2 Å². The molecule has 0 aliphatic heterocycles. The largest absolute Gasteiger partial charge is 0.357 e. The van der Waals surface area contributed by atoms with E-state index >= 15 is 0 Å². The minimum atomic E-state index is 0.605. The van der Waals surface area contributed by atoms with Gasteiger partial charge in [0.25, 0.3) is 0 Å². The molecule has 0 spiro atoms. The summed E-state index contributed by atoms with van der Waals surface area (Å²) in [6, 6.07) is 4.80. The number of rotatable bonds is 5. The van der Waals surface area contributed by atoms with Crippen molar-refractivity contribution in [3.63, 3.8) is 0 Å². The van der Waals surface area contributed by atoms with Gasteiger partial charge in [-0.05, 0) is 44.7 Å². The summed E-state index contributed by atoms with van der Waals surface area (Å²) < 4.78 is 0. The first-order valence-electron chi connectivity index (χ1n) is 7.74. The van der Waals surface area contributed by atoms with Crippen molar-refractivity contribution in [2.45, 2.75) is 52.0 Å². The summed E-state index contributed by atoms with van der Waals surface area (Å²) >= 11 is 0. The Bertz CT molecular complexity index is 419. The lowest BCUT2D eigenvalue weighted by atomic mass is 10.2. The topological polar surface area (TPSA) is 49.3 Å². The van der Waals surface area contributed by atoms with Crippen molar-refractivity contribution >= 4 is 5.96 Å². The van der Waals surface area contributed by atoms with Gasteiger partial charge in [0.1, 0.15) is 0 Å². The van der Waals surface area contributed by atoms with Gasteiger partial charge in [-0.15, -0.1) is 0 Å². The molecular formula is C16H26N4. The molecular weight excluding hydrogens is 248 g/mol. The Kier molecular flexibility index (Phi) is 5.84. The third-order valence-corrected chi connectivity index (χ3v) is 3.68. The number of hydrogen-bond acceptors (Lipinski definition) is 2. The zero-order valence-electron chi connectivity index (χ0n) is 12.7. The van der Waals surface area contributed by atoms with Gasteiger partial charge in [-0.25, -0.2) is 0 Å². The Balaban J connectivity index is 1.83. The van der Waals surface area contributed by atoms with Gasteiger partial charge in [-0.3, -0.25) is 9.98 Å². The average molecular weight is 274 g/mol. The molecule has 0 aromatic carbocycles. The van der Waals surface area contributed by atoms with Gasteiger partial charge in [-0.1, -0.05) is 18.9 Å². The van der Waals surface area contributed by atoms with Crippen LogP contribution in [0.5, 0.6) is 0 Å². The fourth-order valence-corrected chi connectivity index (χ4v) is 2.53. The van der Waals surface area contributed by atoms with E-state index in [9.17, 15) is 0 Å². The van der Waals surface area contributed by atoms with Crippen LogP contribution in [0.3, 0.4) is 0 Å². The van der Waals surface area contributed by atoms with Gasteiger partial charge in [-0.2, -0.15) is 0 Å². The second-order valence-corrected chi connectivity index (χ2v) is 5.44. The highest BCUT2D eigenvalue weighted by Crippen LogP contribution is 2.17. The van der Waals surface area contributed by atoms with Gasteiger partial charge in [0, 0.05) is 31.0 Å². The minimum absolute atomic E-state index is 0.605. The lowest BCUT2D eigenvalue weighted by Gasteiger charge is -2.16. The van der Waals surface area contributed by atoms with E-state index in [-0.39, 0.29) is 0 Å². The lowest BCUT2D eigenvalue weighted by Crippen LogP contribution is -2.42. The number of pyridine rings is 1. The highest BCUT2D eigenvalue weighted by atomic mass is 15.2. The molecule has 4 heteroatoms. The zero-order chi connectivity index (χ0) is 14.2. The molecule has 0 saturated heterocycles. The first-order chi connectivity index (χ1) is 9.78. The molecule has 4 nitrogen and oxygen atoms in total. The van der Waals surface area contributed by atoms with Gasteiger partial charge in [0.15, 0.2) is 5.96 Å². The molecule has 0 atom stereocenters. The molecule has 2 rings (SSSR count). The van der Waals surface area contributed by atoms with Crippen LogP contribution in [0.25, 0.3) is 0 Å². The summed E-state index contributed by atoms with van der Waals surface area (Å²) in [6.07, 6.45) is 8.10. The summed E-state index contributed by atoms with van der Waals surface area (Å²) in [4.78, 5) is 8.98. The van der Waals surface area contributed by atoms with E-state index in [1.54, 1.807) is 0 Å². The Morgan fingerprint density at radius 2 is 2.15 bits per heavy atom. The van der Waals surface area contributed by atoms with Crippen molar-refractivity contribution in [3.05, 3.63) is 29.6 Å². The van der Waals surface area contributed by atoms with Crippen LogP contribution in [0.15, 0.2) is 23.3 Å². The molecule has 1 aromatic heterocycles. The monoisotopic (exact) mass is 274 g/mol. The number of nitrogens with one attached hydrogen (secondary N) is 2. The molecule has 20 heavy (non-hydrogen) atoms. The third kappa shape index (κ3) is 4.83. The van der Waals surface area contributed by atoms with E-state index in [2.05, 4.69) is 39.7 Å². The summed E-state index contributed by atoms with van der Waals surface area (Å²) in [5.74, 6) is 0.958. The Hall–Kier alpha value is -1.58. The van der Waals surface area contributed by atoms with Gasteiger partial charge < -0.3 is 10.6 Å². The normalized spacial score (nSPS) is 16.4. The number of aryl methyl sites for hydroxylation is 1. The maximum absolute atomic E-state index is 4.66. The molecule has 0 amide bonds. The van der Waals surface area contributed by atoms with Crippen LogP contribution < -0.4 is 10.6 Å². The Labute approximate surface area is 122 Å². The molecule has 1 aromatic rings. The molecule has 0 bridgehead atoms. The van der Waals surface area contributed by atoms with Crippen LogP contribution in [0, 0.1) is 6.92 Å². The highest BCUT2D eigenvalue weighted by molar-refractivity contribution is 5.80. The van der Waals surface area contributed by atoms with Crippen LogP contribution in [0.2, 0.25) is 0 Å². The van der Waals surface area contributed by atoms with Gasteiger partial charge in [0.05, 0.1) is 0 Å². The first kappa shape index (κ1) is 14.8. The predicted molar refractivity (Wildman–Crippen MR) is 84.0 cm³/mol. The van der Waals surface area contributed by atoms with Crippen molar-refractivity contribution in [2.75, 3.05) is 13.1 Å². The van der Waals surface area contributed by atoms with Crippen molar-refractivity contribution in [1.29, 1.82) is 0 Å². The first-order valence-corrected chi connectivity index (χ1v) is 7.74. The van der Waals surface area contributed by atoms with Crippen LogP contribution in [-0.2, 0) is 6.42 Å². The summed E-state index contributed by atoms with van der Waals surface area (Å²) in [5.41, 5.74) is 2.31. The second-order valence-electron chi connectivity index (χ2n) is 5.44. The Morgan fingerprint density at radius 3 is 2.80 bits per heavy atom. The molecule has 0 radical (unpaired) electrons. The lowest BCUT2D eigenvalue weighted by molar-refractivity contribution is 0.614. The molecule has 2 N–H and O–H groups in total. The summed E-state index contributed by atoms with van der Waals surface area (Å²) in [5, 5.41) is 6.86. The number of nitrogens with zero attached hydrogens (tertiary/aromatic N) is 2. The molecule has 1 heterocycles. The number of aliphatic imine (C=N–C) groups is 1. The Morgan fingerprint density at radius 1 is 1.35 bits per heavy atom. The van der Waals surface area contributed by atoms with E-state index in [0.29, 0.717) is 6.04 Å². The molecule has 1 fully saturated rings. The van der Waals surface area contributed by atoms with Gasteiger partial charge in [0.2, 0.25) is 0 Å². The van der Waals surface area contributed by atoms with Crippen molar-refractivity contribution in [1.82, 2.24) is 15.6 Å².